The van der Waals surface area contributed by atoms with Gasteiger partial charge < -0.3 is 16.0 Å². The van der Waals surface area contributed by atoms with Gasteiger partial charge in [-0.15, -0.1) is 0 Å². The van der Waals surface area contributed by atoms with Crippen LogP contribution in [0.15, 0.2) is 18.5 Å². The Hall–Kier alpha value is -1.55. The molecule has 0 bridgehead atoms. The van der Waals surface area contributed by atoms with Crippen molar-refractivity contribution < 1.29 is 0 Å². The maximum Gasteiger partial charge on any atom is 0.140 e. The molecule has 0 aliphatic rings. The van der Waals surface area contributed by atoms with E-state index in [1.807, 2.05) is 23.9 Å². The number of nitrogen functional groups attached to an aromatic ring is 1. The maximum atomic E-state index is 5.64. The van der Waals surface area contributed by atoms with E-state index >= 15 is 0 Å². The van der Waals surface area contributed by atoms with Crippen LogP contribution < -0.4 is 11.5 Å². The van der Waals surface area contributed by atoms with Crippen LogP contribution in [0.1, 0.15) is 5.56 Å². The van der Waals surface area contributed by atoms with Gasteiger partial charge in [-0.3, -0.25) is 0 Å². The highest BCUT2D eigenvalue weighted by molar-refractivity contribution is 5.83. The molecule has 0 amide bonds. The number of nitrogens with two attached hydrogens (primary N) is 2. The zero-order chi connectivity index (χ0) is 9.42. The summed E-state index contributed by atoms with van der Waals surface area (Å²) in [6.45, 7) is 0.516. The lowest BCUT2D eigenvalue weighted by Crippen LogP contribution is -1.94. The first-order valence-corrected chi connectivity index (χ1v) is 4.12. The van der Waals surface area contributed by atoms with E-state index in [4.69, 9.17) is 11.5 Å². The van der Waals surface area contributed by atoms with Gasteiger partial charge in [-0.05, 0) is 11.6 Å². The Labute approximate surface area is 76.2 Å². The van der Waals surface area contributed by atoms with Gasteiger partial charge in [0.1, 0.15) is 5.65 Å². The lowest BCUT2D eigenvalue weighted by atomic mass is 10.2. The first kappa shape index (κ1) is 8.07. The van der Waals surface area contributed by atoms with Gasteiger partial charge in [-0.25, -0.2) is 4.98 Å². The van der Waals surface area contributed by atoms with Crippen LogP contribution in [0.3, 0.4) is 0 Å². The van der Waals surface area contributed by atoms with Gasteiger partial charge in [0, 0.05) is 25.2 Å². The molecule has 0 saturated heterocycles. The van der Waals surface area contributed by atoms with Crippen LogP contribution in [-0.2, 0) is 13.6 Å². The van der Waals surface area contributed by atoms with Crippen molar-refractivity contribution in [2.45, 2.75) is 6.54 Å². The average molecular weight is 176 g/mol. The molecule has 4 heteroatoms. The van der Waals surface area contributed by atoms with Gasteiger partial charge >= 0.3 is 0 Å². The molecule has 0 radical (unpaired) electrons. The van der Waals surface area contributed by atoms with E-state index in [2.05, 4.69) is 4.98 Å². The second-order valence-corrected chi connectivity index (χ2v) is 3.11. The Morgan fingerprint density at radius 1 is 1.54 bits per heavy atom. The van der Waals surface area contributed by atoms with Crippen LogP contribution in [0.5, 0.6) is 0 Å². The number of aryl methyl sites for hydroxylation is 1. The number of rotatable bonds is 1. The topological polar surface area (TPSA) is 69.9 Å². The monoisotopic (exact) mass is 176 g/mol. The number of fused-ring (bicyclic) bond motifs is 1. The van der Waals surface area contributed by atoms with E-state index in [-0.39, 0.29) is 0 Å². The van der Waals surface area contributed by atoms with Crippen molar-refractivity contribution >= 4 is 16.7 Å². The normalized spacial score (nSPS) is 10.9. The lowest BCUT2D eigenvalue weighted by molar-refractivity contribution is 0.933. The molecule has 0 unspecified atom stereocenters. The van der Waals surface area contributed by atoms with Gasteiger partial charge in [0.15, 0.2) is 0 Å². The number of aromatic nitrogens is 2. The summed E-state index contributed by atoms with van der Waals surface area (Å²) in [7, 11) is 1.95. The summed E-state index contributed by atoms with van der Waals surface area (Å²) in [4.78, 5) is 4.23. The highest BCUT2D eigenvalue weighted by Crippen LogP contribution is 2.20. The third kappa shape index (κ3) is 1.15. The number of pyridine rings is 1. The minimum Gasteiger partial charge on any atom is -0.397 e. The molecular weight excluding hydrogens is 164 g/mol. The zero-order valence-corrected chi connectivity index (χ0v) is 7.49. The highest BCUT2D eigenvalue weighted by Gasteiger charge is 2.05. The van der Waals surface area contributed by atoms with Gasteiger partial charge in [-0.1, -0.05) is 0 Å². The molecule has 4 N–H and O–H groups in total. The SMILES string of the molecule is Cn1cc(CN)c2cc(N)cnc21. The van der Waals surface area contributed by atoms with E-state index in [1.165, 1.54) is 0 Å². The van der Waals surface area contributed by atoms with Crippen molar-refractivity contribution in [3.8, 4) is 0 Å². The van der Waals surface area contributed by atoms with Crippen molar-refractivity contribution in [3.63, 3.8) is 0 Å². The standard InChI is InChI=1S/C9H12N4/c1-13-5-6(3-10)8-2-7(11)4-12-9(8)13/h2,4-5H,3,10-11H2,1H3. The molecule has 0 spiro atoms. The van der Waals surface area contributed by atoms with Crippen LogP contribution in [0.4, 0.5) is 5.69 Å². The van der Waals surface area contributed by atoms with E-state index in [1.54, 1.807) is 6.20 Å². The minimum atomic E-state index is 0.516. The van der Waals surface area contributed by atoms with E-state index in [0.717, 1.165) is 16.6 Å². The van der Waals surface area contributed by atoms with Crippen LogP contribution in [0, 0.1) is 0 Å². The molecule has 2 aromatic rings. The summed E-state index contributed by atoms with van der Waals surface area (Å²) in [5, 5.41) is 1.05. The number of anilines is 1. The van der Waals surface area contributed by atoms with Crippen LogP contribution in [-0.4, -0.2) is 9.55 Å². The van der Waals surface area contributed by atoms with E-state index in [9.17, 15) is 0 Å². The summed E-state index contributed by atoms with van der Waals surface area (Å²) in [5.74, 6) is 0. The fraction of sp³-hybridized carbons (Fsp3) is 0.222. The molecule has 0 aromatic carbocycles. The molecule has 0 fully saturated rings. The summed E-state index contributed by atoms with van der Waals surface area (Å²) in [6, 6.07) is 1.91. The molecule has 0 saturated carbocycles. The molecule has 13 heavy (non-hydrogen) atoms. The Morgan fingerprint density at radius 2 is 2.31 bits per heavy atom. The molecule has 0 atom stereocenters. The average Bonchev–Trinajstić information content (AvgIpc) is 2.42. The highest BCUT2D eigenvalue weighted by atomic mass is 15.0. The van der Waals surface area contributed by atoms with Crippen molar-refractivity contribution in [2.24, 2.45) is 12.8 Å². The minimum absolute atomic E-state index is 0.516. The van der Waals surface area contributed by atoms with Gasteiger partial charge in [0.2, 0.25) is 0 Å². The van der Waals surface area contributed by atoms with Crippen molar-refractivity contribution in [1.29, 1.82) is 0 Å². The Morgan fingerprint density at radius 3 is 3.00 bits per heavy atom. The summed E-state index contributed by atoms with van der Waals surface area (Å²) < 4.78 is 1.96. The van der Waals surface area contributed by atoms with Gasteiger partial charge in [0.25, 0.3) is 0 Å². The first-order valence-electron chi connectivity index (χ1n) is 4.12. The zero-order valence-electron chi connectivity index (χ0n) is 7.49. The Balaban J connectivity index is 2.81. The van der Waals surface area contributed by atoms with Crippen molar-refractivity contribution in [1.82, 2.24) is 9.55 Å². The molecule has 2 heterocycles. The molecule has 0 aliphatic heterocycles. The second-order valence-electron chi connectivity index (χ2n) is 3.11. The van der Waals surface area contributed by atoms with Crippen molar-refractivity contribution in [2.75, 3.05) is 5.73 Å². The Kier molecular flexibility index (Phi) is 1.70. The fourth-order valence-electron chi connectivity index (χ4n) is 1.52. The number of hydrogen-bond donors (Lipinski definition) is 2. The molecule has 2 rings (SSSR count). The third-order valence-corrected chi connectivity index (χ3v) is 2.14. The molecule has 4 nitrogen and oxygen atoms in total. The molecule has 68 valence electrons. The number of hydrogen-bond acceptors (Lipinski definition) is 3. The quantitative estimate of drug-likeness (QED) is 0.669. The smallest absolute Gasteiger partial charge is 0.140 e. The molecule has 2 aromatic heterocycles. The second kappa shape index (κ2) is 2.74. The predicted molar refractivity (Wildman–Crippen MR) is 53.0 cm³/mol. The Bertz CT molecular complexity index is 444. The molecular formula is C9H12N4. The maximum absolute atomic E-state index is 5.64. The predicted octanol–water partition coefficient (Wildman–Crippen LogP) is 0.614. The van der Waals surface area contributed by atoms with E-state index < -0.39 is 0 Å². The number of nitrogens with zero attached hydrogens (tertiary/aromatic N) is 2. The van der Waals surface area contributed by atoms with Gasteiger partial charge in [-0.2, -0.15) is 0 Å². The summed E-state index contributed by atoms with van der Waals surface area (Å²) in [5.41, 5.74) is 13.9. The fourth-order valence-corrected chi connectivity index (χ4v) is 1.52. The lowest BCUT2D eigenvalue weighted by Gasteiger charge is -1.96. The summed E-state index contributed by atoms with van der Waals surface area (Å²) >= 11 is 0. The largest absolute Gasteiger partial charge is 0.397 e. The van der Waals surface area contributed by atoms with Gasteiger partial charge in [0.05, 0.1) is 11.9 Å². The van der Waals surface area contributed by atoms with Crippen molar-refractivity contribution in [3.05, 3.63) is 24.0 Å². The van der Waals surface area contributed by atoms with Crippen LogP contribution in [0.2, 0.25) is 0 Å². The van der Waals surface area contributed by atoms with Crippen LogP contribution in [0.25, 0.3) is 11.0 Å². The van der Waals surface area contributed by atoms with Crippen LogP contribution >= 0.6 is 0 Å². The third-order valence-electron chi connectivity index (χ3n) is 2.14. The first-order chi connectivity index (χ1) is 6.22. The molecule has 0 aliphatic carbocycles. The van der Waals surface area contributed by atoms with E-state index in [0.29, 0.717) is 12.2 Å². The summed E-state index contributed by atoms with van der Waals surface area (Å²) in [6.07, 6.45) is 3.64.